The van der Waals surface area contributed by atoms with Crippen LogP contribution in [0.2, 0.25) is 0 Å². The summed E-state index contributed by atoms with van der Waals surface area (Å²) in [6, 6.07) is 8.49. The maximum absolute atomic E-state index is 5.95. The van der Waals surface area contributed by atoms with Gasteiger partial charge in [-0.05, 0) is 71.1 Å². The van der Waals surface area contributed by atoms with Gasteiger partial charge in [0.2, 0.25) is 0 Å². The van der Waals surface area contributed by atoms with E-state index in [1.165, 1.54) is 24.8 Å². The third kappa shape index (κ3) is 4.00. The molecule has 0 aliphatic carbocycles. The SMILES string of the molecule is CCc1ccc(OCCN2C(C)(C)CCCC2(C)C)cc1. The van der Waals surface area contributed by atoms with E-state index in [1.807, 2.05) is 0 Å². The second-order valence-electron chi connectivity index (χ2n) is 7.48. The van der Waals surface area contributed by atoms with Crippen molar-refractivity contribution >= 4 is 0 Å². The fourth-order valence-electron chi connectivity index (χ4n) is 3.72. The lowest BCUT2D eigenvalue weighted by Crippen LogP contribution is -2.59. The molecule has 0 spiro atoms. The minimum Gasteiger partial charge on any atom is -0.492 e. The molecule has 1 aliphatic rings. The van der Waals surface area contributed by atoms with Crippen LogP contribution in [0.25, 0.3) is 0 Å². The van der Waals surface area contributed by atoms with E-state index in [1.54, 1.807) is 0 Å². The summed E-state index contributed by atoms with van der Waals surface area (Å²) in [6.07, 6.45) is 4.97. The molecule has 2 rings (SSSR count). The third-order valence-corrected chi connectivity index (χ3v) is 4.95. The van der Waals surface area contributed by atoms with Crippen LogP contribution in [0.15, 0.2) is 24.3 Å². The highest BCUT2D eigenvalue weighted by atomic mass is 16.5. The fourth-order valence-corrected chi connectivity index (χ4v) is 3.72. The van der Waals surface area contributed by atoms with Crippen LogP contribution in [0.1, 0.15) is 59.4 Å². The van der Waals surface area contributed by atoms with Gasteiger partial charge in [0, 0.05) is 17.6 Å². The fraction of sp³-hybridized carbons (Fsp3) is 0.684. The highest BCUT2D eigenvalue weighted by Crippen LogP contribution is 2.37. The summed E-state index contributed by atoms with van der Waals surface area (Å²) in [5.74, 6) is 0.986. The van der Waals surface area contributed by atoms with E-state index in [0.717, 1.165) is 25.3 Å². The predicted molar refractivity (Wildman–Crippen MR) is 90.0 cm³/mol. The number of aryl methyl sites for hydroxylation is 1. The van der Waals surface area contributed by atoms with Crippen LogP contribution in [-0.2, 0) is 6.42 Å². The van der Waals surface area contributed by atoms with E-state index in [9.17, 15) is 0 Å². The van der Waals surface area contributed by atoms with Crippen molar-refractivity contribution in [3.63, 3.8) is 0 Å². The van der Waals surface area contributed by atoms with Crippen molar-refractivity contribution in [1.29, 1.82) is 0 Å². The molecule has 2 nitrogen and oxygen atoms in total. The molecule has 21 heavy (non-hydrogen) atoms. The monoisotopic (exact) mass is 289 g/mol. The van der Waals surface area contributed by atoms with E-state index in [0.29, 0.717) is 0 Å². The molecule has 0 saturated carbocycles. The molecule has 1 saturated heterocycles. The quantitative estimate of drug-likeness (QED) is 0.781. The smallest absolute Gasteiger partial charge is 0.119 e. The standard InChI is InChI=1S/C19H31NO/c1-6-16-8-10-17(11-9-16)21-15-14-20-18(2,3)12-7-13-19(20,4)5/h8-11H,6-7,12-15H2,1-5H3. The van der Waals surface area contributed by atoms with Crippen LogP contribution >= 0.6 is 0 Å². The van der Waals surface area contributed by atoms with Gasteiger partial charge in [0.15, 0.2) is 0 Å². The number of rotatable bonds is 5. The third-order valence-electron chi connectivity index (χ3n) is 4.95. The predicted octanol–water partition coefficient (Wildman–Crippen LogP) is 4.67. The molecule has 1 aliphatic heterocycles. The Balaban J connectivity index is 1.91. The summed E-state index contributed by atoms with van der Waals surface area (Å²) in [4.78, 5) is 2.63. The van der Waals surface area contributed by atoms with E-state index in [-0.39, 0.29) is 11.1 Å². The van der Waals surface area contributed by atoms with Gasteiger partial charge in [0.05, 0.1) is 0 Å². The summed E-state index contributed by atoms with van der Waals surface area (Å²) in [7, 11) is 0. The van der Waals surface area contributed by atoms with E-state index in [4.69, 9.17) is 4.74 Å². The Morgan fingerprint density at radius 2 is 1.57 bits per heavy atom. The Bertz CT molecular complexity index is 431. The number of ether oxygens (including phenoxy) is 1. The Morgan fingerprint density at radius 3 is 2.10 bits per heavy atom. The minimum absolute atomic E-state index is 0.275. The maximum Gasteiger partial charge on any atom is 0.119 e. The van der Waals surface area contributed by atoms with Crippen molar-refractivity contribution in [2.75, 3.05) is 13.2 Å². The first-order valence-electron chi connectivity index (χ1n) is 8.35. The van der Waals surface area contributed by atoms with Crippen molar-refractivity contribution in [3.05, 3.63) is 29.8 Å². The number of piperidine rings is 1. The highest BCUT2D eigenvalue weighted by molar-refractivity contribution is 5.27. The van der Waals surface area contributed by atoms with Crippen LogP contribution in [0, 0.1) is 0 Å². The molecule has 1 aromatic rings. The first kappa shape index (κ1) is 16.4. The Kier molecular flexibility index (Phi) is 4.98. The average molecular weight is 289 g/mol. The zero-order valence-electron chi connectivity index (χ0n) is 14.4. The summed E-state index contributed by atoms with van der Waals surface area (Å²) < 4.78 is 5.95. The van der Waals surface area contributed by atoms with Crippen molar-refractivity contribution in [2.45, 2.75) is 71.4 Å². The van der Waals surface area contributed by atoms with Gasteiger partial charge in [0.1, 0.15) is 12.4 Å². The molecule has 0 unspecified atom stereocenters. The molecule has 0 atom stereocenters. The van der Waals surface area contributed by atoms with Gasteiger partial charge in [-0.2, -0.15) is 0 Å². The van der Waals surface area contributed by atoms with Gasteiger partial charge < -0.3 is 4.74 Å². The van der Waals surface area contributed by atoms with Crippen LogP contribution in [0.4, 0.5) is 0 Å². The molecule has 118 valence electrons. The van der Waals surface area contributed by atoms with E-state index in [2.05, 4.69) is 63.8 Å². The minimum atomic E-state index is 0.275. The first-order chi connectivity index (χ1) is 9.85. The lowest BCUT2D eigenvalue weighted by molar-refractivity contribution is -0.0340. The van der Waals surface area contributed by atoms with Crippen molar-refractivity contribution < 1.29 is 4.74 Å². The zero-order chi connectivity index (χ0) is 15.5. The number of hydrogen-bond donors (Lipinski definition) is 0. The van der Waals surface area contributed by atoms with Gasteiger partial charge in [0.25, 0.3) is 0 Å². The van der Waals surface area contributed by atoms with Crippen LogP contribution in [0.5, 0.6) is 5.75 Å². The molecule has 0 aromatic heterocycles. The lowest BCUT2D eigenvalue weighted by atomic mass is 9.80. The summed E-state index contributed by atoms with van der Waals surface area (Å²) >= 11 is 0. The second kappa shape index (κ2) is 6.39. The molecule has 1 heterocycles. The van der Waals surface area contributed by atoms with Gasteiger partial charge >= 0.3 is 0 Å². The average Bonchev–Trinajstić information content (AvgIpc) is 2.42. The topological polar surface area (TPSA) is 12.5 Å². The Labute approximate surface area is 130 Å². The van der Waals surface area contributed by atoms with E-state index >= 15 is 0 Å². The summed E-state index contributed by atoms with van der Waals surface area (Å²) in [6.45, 7) is 13.4. The van der Waals surface area contributed by atoms with Crippen LogP contribution in [0.3, 0.4) is 0 Å². The molecule has 0 bridgehead atoms. The van der Waals surface area contributed by atoms with Gasteiger partial charge in [-0.15, -0.1) is 0 Å². The van der Waals surface area contributed by atoms with Crippen LogP contribution < -0.4 is 4.74 Å². The number of nitrogens with zero attached hydrogens (tertiary/aromatic N) is 1. The Morgan fingerprint density at radius 1 is 1.00 bits per heavy atom. The largest absolute Gasteiger partial charge is 0.492 e. The number of benzene rings is 1. The molecule has 2 heteroatoms. The van der Waals surface area contributed by atoms with Crippen LogP contribution in [-0.4, -0.2) is 29.1 Å². The highest BCUT2D eigenvalue weighted by Gasteiger charge is 2.40. The normalized spacial score (nSPS) is 21.2. The molecule has 0 N–H and O–H groups in total. The van der Waals surface area contributed by atoms with Gasteiger partial charge in [-0.3, -0.25) is 4.90 Å². The zero-order valence-corrected chi connectivity index (χ0v) is 14.4. The molecule has 0 amide bonds. The summed E-state index contributed by atoms with van der Waals surface area (Å²) in [5, 5.41) is 0. The molecular formula is C19H31NO. The molecule has 1 fully saturated rings. The van der Waals surface area contributed by atoms with Gasteiger partial charge in [-0.1, -0.05) is 19.1 Å². The first-order valence-corrected chi connectivity index (χ1v) is 8.35. The van der Waals surface area contributed by atoms with Crippen molar-refractivity contribution in [2.24, 2.45) is 0 Å². The maximum atomic E-state index is 5.95. The van der Waals surface area contributed by atoms with E-state index < -0.39 is 0 Å². The van der Waals surface area contributed by atoms with Crippen molar-refractivity contribution in [3.8, 4) is 5.75 Å². The Hall–Kier alpha value is -1.02. The molecule has 0 radical (unpaired) electrons. The second-order valence-corrected chi connectivity index (χ2v) is 7.48. The van der Waals surface area contributed by atoms with Crippen molar-refractivity contribution in [1.82, 2.24) is 4.90 Å². The number of hydrogen-bond acceptors (Lipinski definition) is 2. The molecular weight excluding hydrogens is 258 g/mol. The molecule has 1 aromatic carbocycles. The summed E-state index contributed by atoms with van der Waals surface area (Å²) in [5.41, 5.74) is 1.91. The van der Waals surface area contributed by atoms with Gasteiger partial charge in [-0.25, -0.2) is 0 Å². The number of likely N-dealkylation sites (tertiary alicyclic amines) is 1. The lowest BCUT2D eigenvalue weighted by Gasteiger charge is -2.53.